The maximum absolute atomic E-state index is 10.2. The minimum atomic E-state index is -1.02. The highest BCUT2D eigenvalue weighted by Crippen LogP contribution is 2.30. The van der Waals surface area contributed by atoms with E-state index in [1.807, 2.05) is 25.1 Å². The van der Waals surface area contributed by atoms with E-state index in [1.165, 1.54) is 0 Å². The lowest BCUT2D eigenvalue weighted by Crippen LogP contribution is -2.27. The predicted molar refractivity (Wildman–Crippen MR) is 59.2 cm³/mol. The molecule has 0 bridgehead atoms. The molecule has 3 nitrogen and oxygen atoms in total. The maximum atomic E-state index is 10.2. The van der Waals surface area contributed by atoms with Crippen molar-refractivity contribution >= 4 is 0 Å². The first-order valence-electron chi connectivity index (χ1n) is 4.87. The summed E-state index contributed by atoms with van der Waals surface area (Å²) in [5, 5.41) is 10.2. The fourth-order valence-electron chi connectivity index (χ4n) is 1.60. The second-order valence-corrected chi connectivity index (χ2v) is 3.91. The van der Waals surface area contributed by atoms with Crippen molar-refractivity contribution < 1.29 is 14.6 Å². The van der Waals surface area contributed by atoms with E-state index in [0.29, 0.717) is 5.75 Å². The fraction of sp³-hybridized carbons (Fsp3) is 0.500. The van der Waals surface area contributed by atoms with Gasteiger partial charge < -0.3 is 14.6 Å². The summed E-state index contributed by atoms with van der Waals surface area (Å²) in [6.07, 6.45) is 0. The van der Waals surface area contributed by atoms with E-state index in [1.54, 1.807) is 21.1 Å². The average molecular weight is 210 g/mol. The Kier molecular flexibility index (Phi) is 3.72. The van der Waals surface area contributed by atoms with Crippen LogP contribution in [0.25, 0.3) is 0 Å². The second kappa shape index (κ2) is 4.64. The van der Waals surface area contributed by atoms with Crippen LogP contribution in [0, 0.1) is 6.92 Å². The number of ether oxygens (including phenoxy) is 2. The smallest absolute Gasteiger partial charge is 0.125 e. The number of hydrogen-bond acceptors (Lipinski definition) is 3. The lowest BCUT2D eigenvalue weighted by atomic mass is 9.94. The number of rotatable bonds is 4. The van der Waals surface area contributed by atoms with Crippen molar-refractivity contribution in [2.24, 2.45) is 0 Å². The van der Waals surface area contributed by atoms with Gasteiger partial charge in [0.25, 0.3) is 0 Å². The third kappa shape index (κ3) is 2.70. The summed E-state index contributed by atoms with van der Waals surface area (Å²) < 4.78 is 10.2. The third-order valence-electron chi connectivity index (χ3n) is 2.36. The molecule has 1 atom stereocenters. The molecule has 0 aliphatic heterocycles. The number of aryl methyl sites for hydroxylation is 1. The van der Waals surface area contributed by atoms with Crippen molar-refractivity contribution in [3.05, 3.63) is 29.3 Å². The molecule has 1 aromatic carbocycles. The van der Waals surface area contributed by atoms with E-state index in [0.717, 1.165) is 11.1 Å². The zero-order chi connectivity index (χ0) is 11.5. The van der Waals surface area contributed by atoms with Gasteiger partial charge in [0.2, 0.25) is 0 Å². The lowest BCUT2D eigenvalue weighted by molar-refractivity contribution is -0.0222. The van der Waals surface area contributed by atoms with Gasteiger partial charge >= 0.3 is 0 Å². The molecular formula is C12H18O3. The summed E-state index contributed by atoms with van der Waals surface area (Å²) in [7, 11) is 3.16. The summed E-state index contributed by atoms with van der Waals surface area (Å²) >= 11 is 0. The molecule has 84 valence electrons. The lowest BCUT2D eigenvalue weighted by Gasteiger charge is -2.25. The summed E-state index contributed by atoms with van der Waals surface area (Å²) in [5.74, 6) is 0.683. The van der Waals surface area contributed by atoms with Crippen LogP contribution in [-0.4, -0.2) is 25.9 Å². The Morgan fingerprint density at radius 1 is 1.33 bits per heavy atom. The van der Waals surface area contributed by atoms with Gasteiger partial charge in [-0.2, -0.15) is 0 Å². The molecule has 1 rings (SSSR count). The molecule has 1 unspecified atom stereocenters. The molecule has 0 aromatic heterocycles. The molecule has 0 spiro atoms. The van der Waals surface area contributed by atoms with Crippen LogP contribution in [0.3, 0.4) is 0 Å². The van der Waals surface area contributed by atoms with E-state index >= 15 is 0 Å². The Morgan fingerprint density at radius 3 is 2.53 bits per heavy atom. The first-order valence-corrected chi connectivity index (χ1v) is 4.87. The van der Waals surface area contributed by atoms with Gasteiger partial charge in [0.05, 0.1) is 13.7 Å². The Morgan fingerprint density at radius 2 is 2.00 bits per heavy atom. The SMILES string of the molecule is COCC(C)(O)c1cc(C)ccc1OC. The molecule has 0 saturated heterocycles. The topological polar surface area (TPSA) is 38.7 Å². The molecule has 0 fully saturated rings. The van der Waals surface area contributed by atoms with Crippen LogP contribution < -0.4 is 4.74 Å². The van der Waals surface area contributed by atoms with Crippen molar-refractivity contribution in [1.29, 1.82) is 0 Å². The van der Waals surface area contributed by atoms with Crippen molar-refractivity contribution in [2.45, 2.75) is 19.4 Å². The molecule has 0 saturated carbocycles. The predicted octanol–water partition coefficient (Wildman–Crippen LogP) is 1.86. The Balaban J connectivity index is 3.15. The minimum absolute atomic E-state index is 0.243. The van der Waals surface area contributed by atoms with E-state index < -0.39 is 5.60 Å². The Bertz CT molecular complexity index is 332. The summed E-state index contributed by atoms with van der Waals surface area (Å²) in [4.78, 5) is 0. The van der Waals surface area contributed by atoms with Crippen LogP contribution in [0.1, 0.15) is 18.1 Å². The van der Waals surface area contributed by atoms with Crippen LogP contribution in [0.2, 0.25) is 0 Å². The van der Waals surface area contributed by atoms with E-state index in [2.05, 4.69) is 0 Å². The highest BCUT2D eigenvalue weighted by Gasteiger charge is 2.26. The fourth-order valence-corrected chi connectivity index (χ4v) is 1.60. The molecular weight excluding hydrogens is 192 g/mol. The molecule has 0 aliphatic carbocycles. The van der Waals surface area contributed by atoms with Gasteiger partial charge in [-0.15, -0.1) is 0 Å². The molecule has 0 amide bonds. The summed E-state index contributed by atoms with van der Waals surface area (Å²) in [6.45, 7) is 3.94. The maximum Gasteiger partial charge on any atom is 0.125 e. The zero-order valence-corrected chi connectivity index (χ0v) is 9.70. The standard InChI is InChI=1S/C12H18O3/c1-9-5-6-11(15-4)10(7-9)12(2,13)8-14-3/h5-7,13H,8H2,1-4H3. The van der Waals surface area contributed by atoms with Crippen LogP contribution in [-0.2, 0) is 10.3 Å². The molecule has 0 radical (unpaired) electrons. The van der Waals surface area contributed by atoms with Gasteiger partial charge in [-0.1, -0.05) is 11.6 Å². The van der Waals surface area contributed by atoms with Gasteiger partial charge in [-0.25, -0.2) is 0 Å². The van der Waals surface area contributed by atoms with E-state index in [9.17, 15) is 5.11 Å². The van der Waals surface area contributed by atoms with Gasteiger partial charge in [-0.3, -0.25) is 0 Å². The van der Waals surface area contributed by atoms with Gasteiger partial charge in [-0.05, 0) is 26.0 Å². The van der Waals surface area contributed by atoms with E-state index in [-0.39, 0.29) is 6.61 Å². The van der Waals surface area contributed by atoms with Crippen molar-refractivity contribution in [1.82, 2.24) is 0 Å². The molecule has 0 aliphatic rings. The monoisotopic (exact) mass is 210 g/mol. The quantitative estimate of drug-likeness (QED) is 0.824. The molecule has 0 heterocycles. The summed E-state index contributed by atoms with van der Waals surface area (Å²) in [5.41, 5.74) is 0.820. The third-order valence-corrected chi connectivity index (χ3v) is 2.36. The van der Waals surface area contributed by atoms with Crippen molar-refractivity contribution in [2.75, 3.05) is 20.8 Å². The highest BCUT2D eigenvalue weighted by molar-refractivity contribution is 5.40. The Labute approximate surface area is 90.6 Å². The number of hydrogen-bond donors (Lipinski definition) is 1. The van der Waals surface area contributed by atoms with Crippen molar-refractivity contribution in [3.63, 3.8) is 0 Å². The number of aliphatic hydroxyl groups is 1. The van der Waals surface area contributed by atoms with E-state index in [4.69, 9.17) is 9.47 Å². The van der Waals surface area contributed by atoms with Crippen LogP contribution >= 0.6 is 0 Å². The number of methoxy groups -OCH3 is 2. The summed E-state index contributed by atoms with van der Waals surface area (Å²) in [6, 6.07) is 5.72. The minimum Gasteiger partial charge on any atom is -0.496 e. The normalized spacial score (nSPS) is 14.7. The highest BCUT2D eigenvalue weighted by atomic mass is 16.5. The van der Waals surface area contributed by atoms with Crippen LogP contribution in [0.15, 0.2) is 18.2 Å². The molecule has 1 N–H and O–H groups in total. The molecule has 15 heavy (non-hydrogen) atoms. The van der Waals surface area contributed by atoms with Crippen LogP contribution in [0.4, 0.5) is 0 Å². The van der Waals surface area contributed by atoms with Gasteiger partial charge in [0.15, 0.2) is 0 Å². The van der Waals surface area contributed by atoms with Gasteiger partial charge in [0, 0.05) is 12.7 Å². The Hall–Kier alpha value is -1.06. The van der Waals surface area contributed by atoms with Gasteiger partial charge in [0.1, 0.15) is 11.4 Å². The van der Waals surface area contributed by atoms with Crippen LogP contribution in [0.5, 0.6) is 5.75 Å². The number of benzene rings is 1. The first kappa shape index (κ1) is 12.0. The zero-order valence-electron chi connectivity index (χ0n) is 9.70. The van der Waals surface area contributed by atoms with Crippen molar-refractivity contribution in [3.8, 4) is 5.75 Å². The average Bonchev–Trinajstić information content (AvgIpc) is 2.17. The molecule has 1 aromatic rings. The first-order chi connectivity index (χ1) is 7.01. The molecule has 3 heteroatoms. The largest absolute Gasteiger partial charge is 0.496 e. The second-order valence-electron chi connectivity index (χ2n) is 3.91.